The van der Waals surface area contributed by atoms with E-state index < -0.39 is 30.1 Å². The van der Waals surface area contributed by atoms with Gasteiger partial charge in [0.1, 0.15) is 6.04 Å². The van der Waals surface area contributed by atoms with Crippen molar-refractivity contribution in [3.8, 4) is 0 Å². The second-order valence-corrected chi connectivity index (χ2v) is 10.6. The van der Waals surface area contributed by atoms with E-state index >= 15 is 0 Å². The Labute approximate surface area is 261 Å². The molecule has 0 radical (unpaired) electrons. The molecule has 2 aromatic carbocycles. The first-order valence-corrected chi connectivity index (χ1v) is 13.8. The van der Waals surface area contributed by atoms with E-state index in [-0.39, 0.29) is 37.8 Å². The number of guanidine groups is 1. The van der Waals surface area contributed by atoms with Crippen LogP contribution >= 0.6 is 31.9 Å². The number of amides is 4. The molecule has 0 bridgehead atoms. The number of rotatable bonds is 12. The number of benzene rings is 2. The quantitative estimate of drug-likeness (QED) is 0.0733. The maximum atomic E-state index is 13.5. The van der Waals surface area contributed by atoms with Gasteiger partial charge in [0.05, 0.1) is 12.1 Å². The van der Waals surface area contributed by atoms with Crippen LogP contribution in [0.1, 0.15) is 29.5 Å². The summed E-state index contributed by atoms with van der Waals surface area (Å²) in [4.78, 5) is 51.2. The van der Waals surface area contributed by atoms with E-state index in [4.69, 9.17) is 38.6 Å². The fourth-order valence-electron chi connectivity index (χ4n) is 3.48. The molecule has 4 amide bonds. The first-order valence-electron chi connectivity index (χ1n) is 12.2. The van der Waals surface area contributed by atoms with E-state index in [0.717, 1.165) is 11.1 Å². The second kappa shape index (κ2) is 17.2. The van der Waals surface area contributed by atoms with Gasteiger partial charge >= 0.3 is 18.2 Å². The van der Waals surface area contributed by atoms with Crippen LogP contribution in [0.3, 0.4) is 0 Å². The first kappa shape index (κ1) is 37.0. The molecule has 1 atom stereocenters. The van der Waals surface area contributed by atoms with Crippen molar-refractivity contribution in [1.82, 2.24) is 10.2 Å². The van der Waals surface area contributed by atoms with Gasteiger partial charge in [-0.15, -0.1) is 0 Å². The molecule has 0 aromatic heterocycles. The number of urea groups is 1. The lowest BCUT2D eigenvalue weighted by Crippen LogP contribution is -2.48. The highest BCUT2D eigenvalue weighted by Crippen LogP contribution is 2.30. The first-order chi connectivity index (χ1) is 19.9. The van der Waals surface area contributed by atoms with E-state index in [1.54, 1.807) is 24.3 Å². The normalized spacial score (nSPS) is 11.4. The summed E-state index contributed by atoms with van der Waals surface area (Å²) in [6.45, 7) is 0.719. The number of aliphatic carboxylic acids is 1. The topological polar surface area (TPSA) is 246 Å². The third kappa shape index (κ3) is 13.6. The number of nitrogens with two attached hydrogens (primary N) is 5. The Morgan fingerprint density at radius 1 is 0.953 bits per heavy atom. The maximum absolute atomic E-state index is 13.5. The van der Waals surface area contributed by atoms with Gasteiger partial charge in [-0.05, 0) is 73.5 Å². The zero-order valence-electron chi connectivity index (χ0n) is 22.5. The molecule has 0 fully saturated rings. The molecule has 0 saturated carbocycles. The van der Waals surface area contributed by atoms with Crippen LogP contribution in [0.15, 0.2) is 50.3 Å². The minimum atomic E-state index is -5.08. The van der Waals surface area contributed by atoms with Gasteiger partial charge in [-0.2, -0.15) is 13.2 Å². The van der Waals surface area contributed by atoms with Crippen molar-refractivity contribution in [3.63, 3.8) is 0 Å². The Bertz CT molecular complexity index is 1300. The monoisotopic (exact) mass is 738 g/mol. The van der Waals surface area contributed by atoms with Gasteiger partial charge < -0.3 is 44.0 Å². The largest absolute Gasteiger partial charge is 0.490 e. The number of nitrogen functional groups attached to an aromatic ring is 1. The van der Waals surface area contributed by atoms with Crippen molar-refractivity contribution in [2.45, 2.75) is 44.6 Å². The molecule has 0 aliphatic carbocycles. The molecule has 0 saturated heterocycles. The van der Waals surface area contributed by atoms with Crippen LogP contribution < -0.4 is 34.0 Å². The summed E-state index contributed by atoms with van der Waals surface area (Å²) in [5, 5.41) is 9.64. The fourth-order valence-corrected chi connectivity index (χ4v) is 4.76. The van der Waals surface area contributed by atoms with Crippen molar-refractivity contribution >= 4 is 67.3 Å². The molecule has 13 nitrogen and oxygen atoms in total. The van der Waals surface area contributed by atoms with Crippen molar-refractivity contribution in [3.05, 3.63) is 62.0 Å². The predicted octanol–water partition coefficient (Wildman–Crippen LogP) is 2.07. The Morgan fingerprint density at radius 3 is 1.91 bits per heavy atom. The van der Waals surface area contributed by atoms with Crippen LogP contribution in [0.4, 0.5) is 23.7 Å². The lowest BCUT2D eigenvalue weighted by molar-refractivity contribution is -0.192. The summed E-state index contributed by atoms with van der Waals surface area (Å²) in [5.74, 6) is -3.73. The van der Waals surface area contributed by atoms with E-state index in [0.29, 0.717) is 33.2 Å². The Kier molecular flexibility index (Phi) is 14.7. The highest BCUT2D eigenvalue weighted by atomic mass is 79.9. The SMILES string of the molecule is NC(=O)NCc1ccc(CN(C(=O)Cc2cc(Br)c(N)c(Br)c2)[C@H](CCCN=C(N)N)C(N)=O)cc1.O=C(O)C(F)(F)F. The number of alkyl halides is 3. The number of carboxylic acids is 1. The van der Waals surface area contributed by atoms with E-state index in [2.05, 4.69) is 42.2 Å². The summed E-state index contributed by atoms with van der Waals surface area (Å²) in [7, 11) is 0. The molecule has 0 aliphatic rings. The smallest absolute Gasteiger partial charge is 0.475 e. The van der Waals surface area contributed by atoms with Crippen molar-refractivity contribution in [1.29, 1.82) is 0 Å². The van der Waals surface area contributed by atoms with Gasteiger partial charge in [-0.25, -0.2) is 9.59 Å². The summed E-state index contributed by atoms with van der Waals surface area (Å²) in [6.07, 6.45) is -4.32. The van der Waals surface area contributed by atoms with Crippen LogP contribution in [-0.2, 0) is 33.9 Å². The number of carbonyl (C=O) groups excluding carboxylic acids is 3. The number of carboxylic acid groups (broad SMARTS) is 1. The number of primary amides is 2. The lowest BCUT2D eigenvalue weighted by atomic mass is 10.0. The maximum Gasteiger partial charge on any atom is 0.490 e. The summed E-state index contributed by atoms with van der Waals surface area (Å²) >= 11 is 6.78. The third-order valence-corrected chi connectivity index (χ3v) is 6.85. The van der Waals surface area contributed by atoms with E-state index in [1.807, 2.05) is 12.1 Å². The number of aliphatic imine (C=N–C) groups is 1. The van der Waals surface area contributed by atoms with Crippen LogP contribution in [0.5, 0.6) is 0 Å². The minimum Gasteiger partial charge on any atom is -0.475 e. The van der Waals surface area contributed by atoms with Gasteiger partial charge in [-0.3, -0.25) is 14.6 Å². The number of hydrogen-bond donors (Lipinski definition) is 7. The van der Waals surface area contributed by atoms with Gasteiger partial charge in [-0.1, -0.05) is 24.3 Å². The van der Waals surface area contributed by atoms with Crippen molar-refractivity contribution in [2.75, 3.05) is 12.3 Å². The molecule has 0 aliphatic heterocycles. The van der Waals surface area contributed by atoms with E-state index in [9.17, 15) is 27.6 Å². The van der Waals surface area contributed by atoms with Crippen LogP contribution in [0.25, 0.3) is 0 Å². The van der Waals surface area contributed by atoms with Crippen LogP contribution in [-0.4, -0.2) is 58.5 Å². The average molecular weight is 740 g/mol. The van der Waals surface area contributed by atoms with Crippen molar-refractivity contribution in [2.24, 2.45) is 27.9 Å². The summed E-state index contributed by atoms with van der Waals surface area (Å²) in [5.41, 5.74) is 30.4. The standard InChI is InChI=1S/C23H30Br2N8O3.C2HF3O2/c24-16-8-15(9-17(25)20(16)26)10-19(34)33(18(21(27)35)2-1-7-31-22(28)29)12-14-5-3-13(4-6-14)11-32-23(30)36;3-2(4,5)1(6)7/h3-6,8-9,18H,1-2,7,10-12,26H2,(H2,27,35)(H4,28,29,31)(H3,30,32,36);(H,6,7)/t18-;/m1./s1. The minimum absolute atomic E-state index is 0.0236. The molecule has 12 N–H and O–H groups in total. The highest BCUT2D eigenvalue weighted by molar-refractivity contribution is 9.11. The van der Waals surface area contributed by atoms with Gasteiger partial charge in [0.25, 0.3) is 0 Å². The summed E-state index contributed by atoms with van der Waals surface area (Å²) in [6, 6.07) is 9.26. The molecular weight excluding hydrogens is 709 g/mol. The Balaban J connectivity index is 0.00000117. The van der Waals surface area contributed by atoms with Gasteiger partial charge in [0.2, 0.25) is 11.8 Å². The number of nitrogens with one attached hydrogen (secondary N) is 1. The number of anilines is 1. The zero-order valence-corrected chi connectivity index (χ0v) is 25.7. The molecular formula is C25H31Br2F3N8O5. The highest BCUT2D eigenvalue weighted by Gasteiger charge is 2.38. The third-order valence-electron chi connectivity index (χ3n) is 5.53. The van der Waals surface area contributed by atoms with Crippen LogP contribution in [0.2, 0.25) is 0 Å². The molecule has 0 heterocycles. The molecule has 18 heteroatoms. The lowest BCUT2D eigenvalue weighted by Gasteiger charge is -2.30. The number of halogens is 5. The number of nitrogens with zero attached hydrogens (tertiary/aromatic N) is 2. The van der Waals surface area contributed by atoms with E-state index in [1.165, 1.54) is 4.90 Å². The fraction of sp³-hybridized carbons (Fsp3) is 0.320. The second-order valence-electron chi connectivity index (χ2n) is 8.88. The molecule has 2 aromatic rings. The zero-order chi connectivity index (χ0) is 32.9. The molecule has 236 valence electrons. The van der Waals surface area contributed by atoms with Gasteiger partial charge in [0.15, 0.2) is 5.96 Å². The average Bonchev–Trinajstić information content (AvgIpc) is 2.89. The Morgan fingerprint density at radius 2 is 1.47 bits per heavy atom. The molecule has 0 unspecified atom stereocenters. The molecule has 0 spiro atoms. The van der Waals surface area contributed by atoms with Crippen molar-refractivity contribution < 1.29 is 37.5 Å². The number of carbonyl (C=O) groups is 4. The molecule has 2 rings (SSSR count). The molecule has 43 heavy (non-hydrogen) atoms. The number of hydrogen-bond acceptors (Lipinski definition) is 6. The predicted molar refractivity (Wildman–Crippen MR) is 160 cm³/mol. The van der Waals surface area contributed by atoms with Gasteiger partial charge in [0, 0.05) is 28.6 Å². The van der Waals surface area contributed by atoms with Crippen LogP contribution in [0, 0.1) is 0 Å². The summed E-state index contributed by atoms with van der Waals surface area (Å²) < 4.78 is 33.0. The Hall–Kier alpha value is -4.06.